The topological polar surface area (TPSA) is 20.2 Å². The van der Waals surface area contributed by atoms with Crippen LogP contribution in [-0.4, -0.2) is 11.7 Å². The Labute approximate surface area is 83.5 Å². The monoisotopic (exact) mass is 250 g/mol. The molecule has 4 heteroatoms. The van der Waals surface area contributed by atoms with Crippen LogP contribution >= 0.6 is 15.9 Å². The third-order valence-electron chi connectivity index (χ3n) is 1.79. The summed E-state index contributed by atoms with van der Waals surface area (Å²) in [6.07, 6.45) is 0. The van der Waals surface area contributed by atoms with Gasteiger partial charge in [0.05, 0.1) is 0 Å². The van der Waals surface area contributed by atoms with E-state index in [1.54, 1.807) is 19.1 Å². The number of hydrogen-bond donors (Lipinski definition) is 1. The average molecular weight is 251 g/mol. The molecule has 0 heterocycles. The normalized spacial score (nSPS) is 11.8. The number of halogens is 3. The molecule has 1 rings (SSSR count). The van der Waals surface area contributed by atoms with E-state index >= 15 is 0 Å². The fraction of sp³-hybridized carbons (Fsp3) is 0.333. The predicted molar refractivity (Wildman–Crippen MR) is 49.9 cm³/mol. The van der Waals surface area contributed by atoms with Gasteiger partial charge in [-0.25, -0.2) is 0 Å². The Balaban J connectivity index is 3.20. The Kier molecular flexibility index (Phi) is 3.03. The lowest BCUT2D eigenvalue weighted by atomic mass is 10.0. The molecule has 13 heavy (non-hydrogen) atoms. The highest BCUT2D eigenvalue weighted by Crippen LogP contribution is 2.31. The first kappa shape index (κ1) is 10.6. The van der Waals surface area contributed by atoms with Gasteiger partial charge in [0.15, 0.2) is 0 Å². The highest BCUT2D eigenvalue weighted by Gasteiger charge is 2.32. The molecule has 0 bridgehead atoms. The van der Waals surface area contributed by atoms with Gasteiger partial charge in [-0.15, -0.1) is 0 Å². The van der Waals surface area contributed by atoms with Crippen molar-refractivity contribution in [2.75, 3.05) is 6.61 Å². The largest absolute Gasteiger partial charge is 0.390 e. The van der Waals surface area contributed by atoms with E-state index in [1.165, 1.54) is 6.07 Å². The van der Waals surface area contributed by atoms with Crippen molar-refractivity contribution in [1.82, 2.24) is 0 Å². The quantitative estimate of drug-likeness (QED) is 0.856. The maximum absolute atomic E-state index is 13.1. The van der Waals surface area contributed by atoms with Gasteiger partial charge in [0.25, 0.3) is 5.92 Å². The molecule has 0 unspecified atom stereocenters. The van der Waals surface area contributed by atoms with Gasteiger partial charge in [-0.2, -0.15) is 8.78 Å². The van der Waals surface area contributed by atoms with Crippen molar-refractivity contribution in [2.45, 2.75) is 12.8 Å². The van der Waals surface area contributed by atoms with Gasteiger partial charge in [0.1, 0.15) is 6.61 Å². The van der Waals surface area contributed by atoms with Crippen LogP contribution in [0.3, 0.4) is 0 Å². The van der Waals surface area contributed by atoms with Crippen LogP contribution in [0, 0.1) is 6.92 Å². The molecule has 0 aliphatic rings. The van der Waals surface area contributed by atoms with Gasteiger partial charge in [0, 0.05) is 10.0 Å². The summed E-state index contributed by atoms with van der Waals surface area (Å²) in [5.41, 5.74) is 0.339. The molecule has 1 aromatic rings. The highest BCUT2D eigenvalue weighted by molar-refractivity contribution is 9.10. The van der Waals surface area contributed by atoms with Crippen molar-refractivity contribution in [3.63, 3.8) is 0 Å². The van der Waals surface area contributed by atoms with Gasteiger partial charge >= 0.3 is 0 Å². The fourth-order valence-corrected chi connectivity index (χ4v) is 1.43. The second-order valence-electron chi connectivity index (χ2n) is 2.82. The van der Waals surface area contributed by atoms with Crippen LogP contribution in [0.5, 0.6) is 0 Å². The predicted octanol–water partition coefficient (Wildman–Crippen LogP) is 2.84. The molecule has 0 aromatic heterocycles. The van der Waals surface area contributed by atoms with E-state index in [0.29, 0.717) is 10.0 Å². The molecular weight excluding hydrogens is 242 g/mol. The maximum Gasteiger partial charge on any atom is 0.296 e. The van der Waals surface area contributed by atoms with E-state index in [-0.39, 0.29) is 5.56 Å². The van der Waals surface area contributed by atoms with Crippen LogP contribution in [0.2, 0.25) is 0 Å². The first-order valence-electron chi connectivity index (χ1n) is 3.72. The molecule has 1 nitrogen and oxygen atoms in total. The van der Waals surface area contributed by atoms with E-state index in [9.17, 15) is 8.78 Å². The first-order chi connectivity index (χ1) is 5.97. The Hall–Kier alpha value is -0.480. The number of benzene rings is 1. The zero-order valence-corrected chi connectivity index (χ0v) is 8.61. The van der Waals surface area contributed by atoms with Crippen molar-refractivity contribution in [3.8, 4) is 0 Å². The lowest BCUT2D eigenvalue weighted by Gasteiger charge is -2.16. The molecule has 0 atom stereocenters. The van der Waals surface area contributed by atoms with Crippen LogP contribution < -0.4 is 0 Å². The lowest BCUT2D eigenvalue weighted by Crippen LogP contribution is -2.19. The minimum Gasteiger partial charge on any atom is -0.390 e. The summed E-state index contributed by atoms with van der Waals surface area (Å²) in [5, 5.41) is 8.50. The SMILES string of the molecule is Cc1ccc(Br)cc1C(F)(F)CO. The Morgan fingerprint density at radius 1 is 1.46 bits per heavy atom. The molecule has 0 saturated carbocycles. The van der Waals surface area contributed by atoms with E-state index in [0.717, 1.165) is 0 Å². The maximum atomic E-state index is 13.1. The van der Waals surface area contributed by atoms with Crippen LogP contribution in [0.25, 0.3) is 0 Å². The van der Waals surface area contributed by atoms with Crippen molar-refractivity contribution in [1.29, 1.82) is 0 Å². The number of alkyl halides is 2. The molecule has 0 radical (unpaired) electrons. The highest BCUT2D eigenvalue weighted by atomic mass is 79.9. The van der Waals surface area contributed by atoms with Crippen molar-refractivity contribution < 1.29 is 13.9 Å². The molecule has 1 N–H and O–H groups in total. The summed E-state index contributed by atoms with van der Waals surface area (Å²) in [7, 11) is 0. The molecule has 0 spiro atoms. The number of aliphatic hydroxyl groups excluding tert-OH is 1. The van der Waals surface area contributed by atoms with Gasteiger partial charge in [-0.1, -0.05) is 22.0 Å². The van der Waals surface area contributed by atoms with E-state index in [2.05, 4.69) is 15.9 Å². The summed E-state index contributed by atoms with van der Waals surface area (Å²) in [5.74, 6) is -3.16. The molecule has 0 aliphatic carbocycles. The third-order valence-corrected chi connectivity index (χ3v) is 2.29. The van der Waals surface area contributed by atoms with Crippen molar-refractivity contribution >= 4 is 15.9 Å². The van der Waals surface area contributed by atoms with E-state index in [4.69, 9.17) is 5.11 Å². The summed E-state index contributed by atoms with van der Waals surface area (Å²) in [6.45, 7) is 0.426. The zero-order chi connectivity index (χ0) is 10.1. The zero-order valence-electron chi connectivity index (χ0n) is 7.02. The van der Waals surface area contributed by atoms with Gasteiger partial charge in [-0.05, 0) is 24.6 Å². The van der Waals surface area contributed by atoms with E-state index < -0.39 is 12.5 Å². The summed E-state index contributed by atoms with van der Waals surface area (Å²) in [4.78, 5) is 0. The second kappa shape index (κ2) is 3.72. The Bertz CT molecular complexity index is 312. The smallest absolute Gasteiger partial charge is 0.296 e. The van der Waals surface area contributed by atoms with Crippen molar-refractivity contribution in [2.24, 2.45) is 0 Å². The van der Waals surface area contributed by atoms with Crippen LogP contribution in [0.4, 0.5) is 8.78 Å². The number of hydrogen-bond acceptors (Lipinski definition) is 1. The van der Waals surface area contributed by atoms with Gasteiger partial charge < -0.3 is 5.11 Å². The minimum atomic E-state index is -3.16. The second-order valence-corrected chi connectivity index (χ2v) is 3.74. The van der Waals surface area contributed by atoms with Gasteiger partial charge in [-0.3, -0.25) is 0 Å². The molecule has 0 aliphatic heterocycles. The minimum absolute atomic E-state index is 0.135. The van der Waals surface area contributed by atoms with Crippen LogP contribution in [-0.2, 0) is 5.92 Å². The first-order valence-corrected chi connectivity index (χ1v) is 4.52. The fourth-order valence-electron chi connectivity index (χ4n) is 1.07. The van der Waals surface area contributed by atoms with E-state index in [1.807, 2.05) is 0 Å². The lowest BCUT2D eigenvalue weighted by molar-refractivity contribution is -0.0561. The molecule has 1 aromatic carbocycles. The Morgan fingerprint density at radius 3 is 2.62 bits per heavy atom. The molecule has 0 fully saturated rings. The number of aryl methyl sites for hydroxylation is 1. The molecular formula is C9H9BrF2O. The molecule has 0 amide bonds. The van der Waals surface area contributed by atoms with Crippen molar-refractivity contribution in [3.05, 3.63) is 33.8 Å². The Morgan fingerprint density at radius 2 is 2.08 bits per heavy atom. The molecule has 0 saturated heterocycles. The average Bonchev–Trinajstić information content (AvgIpc) is 2.09. The summed E-state index contributed by atoms with van der Waals surface area (Å²) >= 11 is 3.10. The summed E-state index contributed by atoms with van der Waals surface area (Å²) in [6, 6.07) is 4.60. The number of aliphatic hydroxyl groups is 1. The summed E-state index contributed by atoms with van der Waals surface area (Å²) < 4.78 is 26.7. The third kappa shape index (κ3) is 2.25. The number of rotatable bonds is 2. The molecule has 72 valence electrons. The van der Waals surface area contributed by atoms with Gasteiger partial charge in [0.2, 0.25) is 0 Å². The van der Waals surface area contributed by atoms with Crippen LogP contribution in [0.15, 0.2) is 22.7 Å². The standard InChI is InChI=1S/C9H9BrF2O/c1-6-2-3-7(10)4-8(6)9(11,12)5-13/h2-4,13H,5H2,1H3. The van der Waals surface area contributed by atoms with Crippen LogP contribution in [0.1, 0.15) is 11.1 Å².